The van der Waals surface area contributed by atoms with E-state index in [9.17, 15) is 0 Å². The second kappa shape index (κ2) is 6.52. The van der Waals surface area contributed by atoms with Gasteiger partial charge in [-0.15, -0.1) is 5.10 Å². The number of methoxy groups -OCH3 is 1. The number of rotatable bonds is 7. The first kappa shape index (κ1) is 11.2. The minimum Gasteiger partial charge on any atom is -0.466 e. The predicted octanol–water partition coefficient (Wildman–Crippen LogP) is 0.162. The van der Waals surface area contributed by atoms with E-state index in [1.54, 1.807) is 7.11 Å². The highest BCUT2D eigenvalue weighted by molar-refractivity contribution is 7.16. The number of hydrogen-bond donors (Lipinski definition) is 1. The summed E-state index contributed by atoms with van der Waals surface area (Å²) in [6.45, 7) is 2.10. The molecule has 0 fully saturated rings. The molecule has 0 bridgehead atoms. The van der Waals surface area contributed by atoms with Gasteiger partial charge in [0.1, 0.15) is 6.61 Å². The number of nitrogen functional groups attached to an aromatic ring is 1. The van der Waals surface area contributed by atoms with Gasteiger partial charge in [-0.1, -0.05) is 5.10 Å². The van der Waals surface area contributed by atoms with Gasteiger partial charge in [-0.2, -0.15) is 0 Å². The molecular formula is C7H13N3O3S. The number of aromatic nitrogens is 2. The van der Waals surface area contributed by atoms with E-state index in [1.165, 1.54) is 11.3 Å². The molecule has 0 radical (unpaired) electrons. The van der Waals surface area contributed by atoms with Gasteiger partial charge in [-0.05, 0) is 11.3 Å². The molecule has 1 aromatic heterocycles. The van der Waals surface area contributed by atoms with Crippen LogP contribution >= 0.6 is 11.3 Å². The quantitative estimate of drug-likeness (QED) is 0.658. The van der Waals surface area contributed by atoms with E-state index < -0.39 is 0 Å². The maximum absolute atomic E-state index is 5.37. The van der Waals surface area contributed by atoms with E-state index in [0.29, 0.717) is 36.8 Å². The Labute approximate surface area is 86.0 Å². The van der Waals surface area contributed by atoms with Gasteiger partial charge in [-0.25, -0.2) is 0 Å². The van der Waals surface area contributed by atoms with Crippen LogP contribution in [0.3, 0.4) is 0 Å². The zero-order valence-corrected chi connectivity index (χ0v) is 8.75. The first-order valence-corrected chi connectivity index (χ1v) is 4.93. The summed E-state index contributed by atoms with van der Waals surface area (Å²) in [6.07, 6.45) is 0. The molecule has 1 rings (SSSR count). The van der Waals surface area contributed by atoms with Crippen LogP contribution in [0, 0.1) is 0 Å². The second-order valence-electron chi connectivity index (χ2n) is 2.36. The number of anilines is 1. The number of hydrogen-bond acceptors (Lipinski definition) is 7. The molecule has 0 amide bonds. The number of ether oxygens (including phenoxy) is 3. The molecule has 6 nitrogen and oxygen atoms in total. The van der Waals surface area contributed by atoms with Crippen molar-refractivity contribution in [3.8, 4) is 5.19 Å². The smallest absolute Gasteiger partial charge is 0.295 e. The Morgan fingerprint density at radius 3 is 2.64 bits per heavy atom. The van der Waals surface area contributed by atoms with E-state index in [1.807, 2.05) is 0 Å². The van der Waals surface area contributed by atoms with Crippen molar-refractivity contribution >= 4 is 16.5 Å². The monoisotopic (exact) mass is 219 g/mol. The molecule has 0 atom stereocenters. The Morgan fingerprint density at radius 1 is 1.21 bits per heavy atom. The van der Waals surface area contributed by atoms with Crippen LogP contribution in [-0.4, -0.2) is 43.7 Å². The summed E-state index contributed by atoms with van der Waals surface area (Å²) in [4.78, 5) is 0. The van der Waals surface area contributed by atoms with Crippen LogP contribution in [0.4, 0.5) is 5.13 Å². The Morgan fingerprint density at radius 2 is 2.00 bits per heavy atom. The summed E-state index contributed by atoms with van der Waals surface area (Å²) >= 11 is 1.21. The standard InChI is InChI=1S/C7H13N3O3S/c1-11-2-3-12-4-5-13-7-10-9-6(8)14-7/h2-5H2,1H3,(H2,8,9). The summed E-state index contributed by atoms with van der Waals surface area (Å²) in [7, 11) is 1.63. The molecule has 0 aliphatic heterocycles. The molecule has 0 aliphatic carbocycles. The topological polar surface area (TPSA) is 79.5 Å². The molecule has 80 valence electrons. The zero-order valence-electron chi connectivity index (χ0n) is 7.93. The molecule has 0 aromatic carbocycles. The maximum atomic E-state index is 5.37. The van der Waals surface area contributed by atoms with Crippen molar-refractivity contribution in [2.75, 3.05) is 39.3 Å². The van der Waals surface area contributed by atoms with Gasteiger partial charge in [0.15, 0.2) is 0 Å². The van der Waals surface area contributed by atoms with Gasteiger partial charge >= 0.3 is 0 Å². The van der Waals surface area contributed by atoms with Gasteiger partial charge in [0.2, 0.25) is 5.13 Å². The summed E-state index contributed by atoms with van der Waals surface area (Å²) in [6, 6.07) is 0. The molecule has 0 unspecified atom stereocenters. The first-order valence-electron chi connectivity index (χ1n) is 4.11. The minimum atomic E-state index is 0.403. The highest BCUT2D eigenvalue weighted by Gasteiger charge is 2.00. The van der Waals surface area contributed by atoms with Crippen molar-refractivity contribution in [1.29, 1.82) is 0 Å². The largest absolute Gasteiger partial charge is 0.466 e. The van der Waals surface area contributed by atoms with E-state index in [0.717, 1.165) is 0 Å². The van der Waals surface area contributed by atoms with Gasteiger partial charge in [0, 0.05) is 7.11 Å². The fraction of sp³-hybridized carbons (Fsp3) is 0.714. The Hall–Kier alpha value is -0.920. The van der Waals surface area contributed by atoms with Crippen molar-refractivity contribution in [1.82, 2.24) is 10.2 Å². The third kappa shape index (κ3) is 4.35. The molecule has 7 heteroatoms. The molecule has 1 aromatic rings. The van der Waals surface area contributed by atoms with Crippen LogP contribution in [0.15, 0.2) is 0 Å². The van der Waals surface area contributed by atoms with Crippen LogP contribution in [0.25, 0.3) is 0 Å². The van der Waals surface area contributed by atoms with Crippen LogP contribution < -0.4 is 10.5 Å². The lowest BCUT2D eigenvalue weighted by atomic mass is 10.7. The Kier molecular flexibility index (Phi) is 5.20. The maximum Gasteiger partial charge on any atom is 0.295 e. The van der Waals surface area contributed by atoms with E-state index in [4.69, 9.17) is 19.9 Å². The fourth-order valence-electron chi connectivity index (χ4n) is 0.711. The second-order valence-corrected chi connectivity index (χ2v) is 3.33. The Bertz CT molecular complexity index is 256. The molecule has 14 heavy (non-hydrogen) atoms. The zero-order chi connectivity index (χ0) is 10.2. The third-order valence-electron chi connectivity index (χ3n) is 1.31. The van der Waals surface area contributed by atoms with Crippen molar-refractivity contribution in [3.05, 3.63) is 0 Å². The van der Waals surface area contributed by atoms with Crippen LogP contribution in [-0.2, 0) is 9.47 Å². The van der Waals surface area contributed by atoms with Gasteiger partial charge in [0.05, 0.1) is 19.8 Å². The molecule has 0 saturated heterocycles. The molecular weight excluding hydrogens is 206 g/mol. The van der Waals surface area contributed by atoms with Gasteiger partial charge in [0.25, 0.3) is 5.19 Å². The van der Waals surface area contributed by atoms with E-state index >= 15 is 0 Å². The number of nitrogens with two attached hydrogens (primary N) is 1. The lowest BCUT2D eigenvalue weighted by Crippen LogP contribution is -2.09. The van der Waals surface area contributed by atoms with Crippen LogP contribution in [0.2, 0.25) is 0 Å². The summed E-state index contributed by atoms with van der Waals surface area (Å²) in [5, 5.41) is 8.17. The van der Waals surface area contributed by atoms with Crippen LogP contribution in [0.5, 0.6) is 5.19 Å². The fourth-order valence-corrected chi connectivity index (χ4v) is 1.20. The van der Waals surface area contributed by atoms with Crippen molar-refractivity contribution < 1.29 is 14.2 Å². The summed E-state index contributed by atoms with van der Waals surface area (Å²) < 4.78 is 15.2. The number of nitrogens with zero attached hydrogens (tertiary/aromatic N) is 2. The average molecular weight is 219 g/mol. The third-order valence-corrected chi connectivity index (χ3v) is 1.97. The van der Waals surface area contributed by atoms with Crippen molar-refractivity contribution in [2.45, 2.75) is 0 Å². The first-order chi connectivity index (χ1) is 6.83. The molecule has 2 N–H and O–H groups in total. The van der Waals surface area contributed by atoms with Gasteiger partial charge < -0.3 is 19.9 Å². The average Bonchev–Trinajstić information content (AvgIpc) is 2.58. The van der Waals surface area contributed by atoms with E-state index in [2.05, 4.69) is 10.2 Å². The van der Waals surface area contributed by atoms with E-state index in [-0.39, 0.29) is 0 Å². The molecule has 0 aliphatic rings. The normalized spacial score (nSPS) is 10.4. The highest BCUT2D eigenvalue weighted by Crippen LogP contribution is 2.18. The minimum absolute atomic E-state index is 0.403. The van der Waals surface area contributed by atoms with Crippen LogP contribution in [0.1, 0.15) is 0 Å². The lowest BCUT2D eigenvalue weighted by Gasteiger charge is -2.03. The molecule has 0 spiro atoms. The predicted molar refractivity (Wildman–Crippen MR) is 52.5 cm³/mol. The van der Waals surface area contributed by atoms with Gasteiger partial charge in [-0.3, -0.25) is 0 Å². The summed E-state index contributed by atoms with van der Waals surface area (Å²) in [5.74, 6) is 0. The highest BCUT2D eigenvalue weighted by atomic mass is 32.1. The van der Waals surface area contributed by atoms with Crippen molar-refractivity contribution in [3.63, 3.8) is 0 Å². The van der Waals surface area contributed by atoms with Crippen molar-refractivity contribution in [2.24, 2.45) is 0 Å². The SMILES string of the molecule is COCCOCCOc1nnc(N)s1. The molecule has 0 saturated carbocycles. The lowest BCUT2D eigenvalue weighted by molar-refractivity contribution is 0.0543. The summed E-state index contributed by atoms with van der Waals surface area (Å²) in [5.41, 5.74) is 5.37. The Balaban J connectivity index is 1.99. The molecule has 1 heterocycles.